The summed E-state index contributed by atoms with van der Waals surface area (Å²) in [4.78, 5) is 15.1. The molecule has 2 N–H and O–H groups in total. The van der Waals surface area contributed by atoms with Gasteiger partial charge in [-0.15, -0.1) is 0 Å². The number of nitrogens with zero attached hydrogens (tertiary/aromatic N) is 2. The number of carbonyl (C=O) groups is 1. The Bertz CT molecular complexity index is 1440. The summed E-state index contributed by atoms with van der Waals surface area (Å²) in [5.74, 6) is 0.583. The van der Waals surface area contributed by atoms with Gasteiger partial charge in [-0.05, 0) is 69.2 Å². The van der Waals surface area contributed by atoms with E-state index in [0.717, 1.165) is 41.6 Å². The molecule has 1 aliphatic heterocycles. The van der Waals surface area contributed by atoms with E-state index >= 15 is 0 Å². The Hall–Kier alpha value is -2.88. The van der Waals surface area contributed by atoms with E-state index in [1.807, 2.05) is 56.3 Å². The maximum Gasteiger partial charge on any atom is 0.264 e. The van der Waals surface area contributed by atoms with E-state index in [9.17, 15) is 13.2 Å². The van der Waals surface area contributed by atoms with Gasteiger partial charge in [0.15, 0.2) is 0 Å². The van der Waals surface area contributed by atoms with Crippen LogP contribution in [0.4, 0.5) is 0 Å². The van der Waals surface area contributed by atoms with Crippen LogP contribution in [0.3, 0.4) is 0 Å². The molecule has 1 unspecified atom stereocenters. The number of hydrogen-bond donors (Lipinski definition) is 2. The van der Waals surface area contributed by atoms with E-state index in [0.29, 0.717) is 31.1 Å². The molecule has 0 saturated heterocycles. The fourth-order valence-corrected chi connectivity index (χ4v) is 7.06. The van der Waals surface area contributed by atoms with Crippen LogP contribution < -0.4 is 14.8 Å². The van der Waals surface area contributed by atoms with Gasteiger partial charge in [0, 0.05) is 35.1 Å². The number of para-hydroxylation sites is 1. The minimum atomic E-state index is -3.75. The second-order valence-corrected chi connectivity index (χ2v) is 12.7. The van der Waals surface area contributed by atoms with Gasteiger partial charge in [0.2, 0.25) is 10.0 Å². The fraction of sp³-hybridized carbons (Fsp3) is 0.500. The van der Waals surface area contributed by atoms with Crippen LogP contribution in [-0.4, -0.2) is 69.4 Å². The van der Waals surface area contributed by atoms with Gasteiger partial charge >= 0.3 is 0 Å². The molecule has 39 heavy (non-hydrogen) atoms. The zero-order valence-electron chi connectivity index (χ0n) is 23.2. The number of carbonyl (C=O) groups excluding carboxylic acids is 1. The van der Waals surface area contributed by atoms with Crippen LogP contribution in [-0.2, 0) is 16.6 Å². The third kappa shape index (κ3) is 5.85. The second kappa shape index (κ2) is 11.7. The molecule has 210 valence electrons. The van der Waals surface area contributed by atoms with Crippen molar-refractivity contribution >= 4 is 26.8 Å². The van der Waals surface area contributed by atoms with Crippen molar-refractivity contribution in [3.8, 4) is 17.0 Å². The van der Waals surface area contributed by atoms with Gasteiger partial charge in [0.1, 0.15) is 11.9 Å². The number of hydrogen-bond acceptors (Lipinski definition) is 6. The summed E-state index contributed by atoms with van der Waals surface area (Å²) in [6.07, 6.45) is 5.87. The number of ether oxygens (including phenoxy) is 1. The number of amides is 1. The molecular weight excluding hydrogens is 512 g/mol. The zero-order chi connectivity index (χ0) is 27.6. The van der Waals surface area contributed by atoms with Crippen LogP contribution >= 0.6 is 0 Å². The van der Waals surface area contributed by atoms with Crippen LogP contribution in [0, 0.1) is 0 Å². The number of rotatable bonds is 9. The SMILES string of the molecule is CCN(C)CCS(=O)(=O)NC(=O)c1ccc2c(C3CCCCC3)c3n(c2c1)CC(CNC)Oc1ccccc1-3. The number of sulfonamides is 1. The van der Waals surface area contributed by atoms with Gasteiger partial charge < -0.3 is 19.5 Å². The molecule has 2 aromatic carbocycles. The Labute approximate surface area is 231 Å². The summed E-state index contributed by atoms with van der Waals surface area (Å²) in [5, 5.41) is 4.39. The van der Waals surface area contributed by atoms with E-state index < -0.39 is 15.9 Å². The summed E-state index contributed by atoms with van der Waals surface area (Å²) in [6, 6.07) is 13.9. The lowest BCUT2D eigenvalue weighted by Gasteiger charge is -2.23. The first-order valence-corrected chi connectivity index (χ1v) is 15.8. The molecule has 2 heterocycles. The van der Waals surface area contributed by atoms with Crippen molar-refractivity contribution in [3.63, 3.8) is 0 Å². The molecule has 0 spiro atoms. The molecule has 2 aliphatic rings. The highest BCUT2D eigenvalue weighted by Crippen LogP contribution is 2.47. The molecule has 5 rings (SSSR count). The number of aromatic nitrogens is 1. The Morgan fingerprint density at radius 2 is 1.90 bits per heavy atom. The number of fused-ring (bicyclic) bond motifs is 5. The van der Waals surface area contributed by atoms with Crippen LogP contribution in [0.5, 0.6) is 5.75 Å². The molecule has 1 aliphatic carbocycles. The van der Waals surface area contributed by atoms with Crippen LogP contribution in [0.1, 0.15) is 60.9 Å². The average Bonchev–Trinajstić information content (AvgIpc) is 3.15. The smallest absolute Gasteiger partial charge is 0.264 e. The highest BCUT2D eigenvalue weighted by Gasteiger charge is 2.31. The van der Waals surface area contributed by atoms with Gasteiger partial charge in [-0.2, -0.15) is 0 Å². The second-order valence-electron chi connectivity index (χ2n) is 10.9. The first-order chi connectivity index (χ1) is 18.8. The lowest BCUT2D eigenvalue weighted by atomic mass is 9.81. The molecule has 1 fully saturated rings. The Morgan fingerprint density at radius 1 is 1.13 bits per heavy atom. The standard InChI is InChI=1S/C30H40N4O4S/c1-4-33(3)16-17-39(36,37)32-30(35)22-14-15-24-26(18-22)34-20-23(19-31-2)38-27-13-9-8-12-25(27)29(34)28(24)21-10-6-5-7-11-21/h8-9,12-15,18,21,23,31H,4-7,10-11,16-17,19-20H2,1-3H3,(H,32,35). The van der Waals surface area contributed by atoms with Gasteiger partial charge in [0.05, 0.1) is 18.0 Å². The van der Waals surface area contributed by atoms with E-state index in [-0.39, 0.29) is 11.9 Å². The highest BCUT2D eigenvalue weighted by atomic mass is 32.2. The molecule has 8 nitrogen and oxygen atoms in total. The minimum Gasteiger partial charge on any atom is -0.487 e. The zero-order valence-corrected chi connectivity index (χ0v) is 24.0. The van der Waals surface area contributed by atoms with Crippen molar-refractivity contribution in [1.82, 2.24) is 19.5 Å². The third-order valence-electron chi connectivity index (χ3n) is 8.16. The van der Waals surface area contributed by atoms with Crippen molar-refractivity contribution < 1.29 is 17.9 Å². The number of likely N-dealkylation sites (N-methyl/N-ethyl adjacent to an activating group) is 1. The highest BCUT2D eigenvalue weighted by molar-refractivity contribution is 7.90. The molecule has 1 aromatic heterocycles. The molecule has 1 saturated carbocycles. The quantitative estimate of drug-likeness (QED) is 0.410. The van der Waals surface area contributed by atoms with Gasteiger partial charge in [-0.3, -0.25) is 4.79 Å². The predicted octanol–water partition coefficient (Wildman–Crippen LogP) is 4.35. The van der Waals surface area contributed by atoms with Crippen molar-refractivity contribution in [1.29, 1.82) is 0 Å². The molecule has 1 amide bonds. The van der Waals surface area contributed by atoms with E-state index in [2.05, 4.69) is 20.7 Å². The Morgan fingerprint density at radius 3 is 2.64 bits per heavy atom. The first kappa shape index (κ1) is 27.7. The van der Waals surface area contributed by atoms with Gasteiger partial charge in [-0.1, -0.05) is 44.4 Å². The monoisotopic (exact) mass is 552 g/mol. The molecule has 0 bridgehead atoms. The van der Waals surface area contributed by atoms with Crippen LogP contribution in [0.15, 0.2) is 42.5 Å². The van der Waals surface area contributed by atoms with Crippen molar-refractivity contribution in [2.45, 2.75) is 57.6 Å². The summed E-state index contributed by atoms with van der Waals surface area (Å²) in [5.41, 5.74) is 4.85. The average molecular weight is 553 g/mol. The fourth-order valence-electron chi connectivity index (χ4n) is 6.01. The maximum atomic E-state index is 13.2. The topological polar surface area (TPSA) is 92.7 Å². The lowest BCUT2D eigenvalue weighted by Crippen LogP contribution is -2.36. The maximum absolute atomic E-state index is 13.2. The Balaban J connectivity index is 1.60. The number of nitrogens with one attached hydrogen (secondary N) is 2. The van der Waals surface area contributed by atoms with Crippen molar-refractivity contribution in [3.05, 3.63) is 53.6 Å². The lowest BCUT2D eigenvalue weighted by molar-refractivity contribution is 0.0981. The molecule has 0 radical (unpaired) electrons. The van der Waals surface area contributed by atoms with E-state index in [1.165, 1.54) is 30.5 Å². The molecular formula is C30H40N4O4S. The molecule has 3 aromatic rings. The van der Waals surface area contributed by atoms with Crippen molar-refractivity contribution in [2.24, 2.45) is 0 Å². The molecule has 1 atom stereocenters. The first-order valence-electron chi connectivity index (χ1n) is 14.1. The van der Waals surface area contributed by atoms with E-state index in [4.69, 9.17) is 4.74 Å². The van der Waals surface area contributed by atoms with Gasteiger partial charge in [-0.25, -0.2) is 13.1 Å². The van der Waals surface area contributed by atoms with Crippen molar-refractivity contribution in [2.75, 3.05) is 39.5 Å². The summed E-state index contributed by atoms with van der Waals surface area (Å²) < 4.78 is 36.4. The van der Waals surface area contributed by atoms with E-state index in [1.54, 1.807) is 6.07 Å². The number of benzene rings is 2. The Kier molecular flexibility index (Phi) is 8.30. The summed E-state index contributed by atoms with van der Waals surface area (Å²) in [7, 11) is 0.0231. The largest absolute Gasteiger partial charge is 0.487 e. The normalized spacial score (nSPS) is 17.9. The van der Waals surface area contributed by atoms with Gasteiger partial charge in [0.25, 0.3) is 5.91 Å². The van der Waals surface area contributed by atoms with Crippen LogP contribution in [0.2, 0.25) is 0 Å². The molecule has 9 heteroatoms. The minimum absolute atomic E-state index is 0.0966. The third-order valence-corrected chi connectivity index (χ3v) is 9.38. The summed E-state index contributed by atoms with van der Waals surface area (Å²) in [6.45, 7) is 4.37. The summed E-state index contributed by atoms with van der Waals surface area (Å²) >= 11 is 0. The van der Waals surface area contributed by atoms with Crippen LogP contribution in [0.25, 0.3) is 22.2 Å². The predicted molar refractivity (Wildman–Crippen MR) is 156 cm³/mol.